The third-order valence-electron chi connectivity index (χ3n) is 7.74. The van der Waals surface area contributed by atoms with Crippen LogP contribution in [0.5, 0.6) is 5.75 Å². The number of nitrogens with one attached hydrogen (secondary N) is 1. The Bertz CT molecular complexity index is 2070. The number of pyridine rings is 2. The van der Waals surface area contributed by atoms with E-state index in [1.165, 1.54) is 10.7 Å². The molecular formula is C31H33N9O3. The molecule has 1 aliphatic heterocycles. The van der Waals surface area contributed by atoms with E-state index in [-0.39, 0.29) is 76.9 Å². The molecule has 1 N–H and O–H groups in total. The van der Waals surface area contributed by atoms with Gasteiger partial charge in [0.05, 0.1) is 36.3 Å². The van der Waals surface area contributed by atoms with Gasteiger partial charge >= 0.3 is 0 Å². The average Bonchev–Trinajstić information content (AvgIpc) is 3.66. The summed E-state index contributed by atoms with van der Waals surface area (Å²) in [6.45, 7) is 1.09. The summed E-state index contributed by atoms with van der Waals surface area (Å²) in [5.41, 5.74) is 1.36. The average molecular weight is 586 g/mol. The number of hydrogen-bond acceptors (Lipinski definition) is 10. The number of methoxy groups -OCH3 is 1. The maximum atomic E-state index is 12.8. The van der Waals surface area contributed by atoms with E-state index in [0.717, 1.165) is 11.3 Å². The number of amides is 1. The molecule has 1 aliphatic carbocycles. The Morgan fingerprint density at radius 1 is 1.23 bits per heavy atom. The van der Waals surface area contributed by atoms with Crippen LogP contribution >= 0.6 is 0 Å². The quantitative estimate of drug-likeness (QED) is 0.288. The number of nitrogens with zero attached hydrogens (tertiary/aromatic N) is 8. The molecule has 2 fully saturated rings. The molecule has 0 unspecified atom stereocenters. The molecular weight excluding hydrogens is 546 g/mol. The third-order valence-corrected chi connectivity index (χ3v) is 7.74. The molecule has 1 saturated carbocycles. The molecule has 220 valence electrons. The van der Waals surface area contributed by atoms with Crippen LogP contribution in [-0.4, -0.2) is 76.1 Å². The van der Waals surface area contributed by atoms with Gasteiger partial charge in [-0.1, -0.05) is 19.1 Å². The summed E-state index contributed by atoms with van der Waals surface area (Å²) in [4.78, 5) is 24.9. The predicted molar refractivity (Wildman–Crippen MR) is 163 cm³/mol. The SMILES string of the molecule is [2H]c1c(N2CCOCC2)c([2H])n2nc(-c3cnc(N(Cc4ccc(OC)cc4)C([2H])([2H])[2H])c4nnc(NC(=O)[C@H]5C[C@H]5C)cc34)nc2c1[2H]. The van der Waals surface area contributed by atoms with E-state index in [0.29, 0.717) is 48.6 Å². The Morgan fingerprint density at radius 3 is 2.79 bits per heavy atom. The topological polar surface area (TPSA) is 123 Å². The zero-order valence-corrected chi connectivity index (χ0v) is 23.7. The van der Waals surface area contributed by atoms with E-state index in [1.807, 2.05) is 11.8 Å². The van der Waals surface area contributed by atoms with E-state index in [1.54, 1.807) is 37.4 Å². The van der Waals surface area contributed by atoms with Gasteiger partial charge in [0.25, 0.3) is 0 Å². The summed E-state index contributed by atoms with van der Waals surface area (Å²) in [5, 5.41) is 16.3. The van der Waals surface area contributed by atoms with Crippen molar-refractivity contribution in [2.45, 2.75) is 19.9 Å². The number of morpholine rings is 1. The highest BCUT2D eigenvalue weighted by atomic mass is 16.5. The Kier molecular flexibility index (Phi) is 5.41. The zero-order chi connectivity index (χ0) is 34.6. The van der Waals surface area contributed by atoms with Crippen LogP contribution in [0.15, 0.2) is 54.8 Å². The van der Waals surface area contributed by atoms with E-state index in [2.05, 4.69) is 30.6 Å². The second-order valence-electron chi connectivity index (χ2n) is 10.7. The van der Waals surface area contributed by atoms with Crippen LogP contribution < -0.4 is 19.9 Å². The van der Waals surface area contributed by atoms with Crippen LogP contribution in [0, 0.1) is 11.8 Å². The number of fused-ring (bicyclic) bond motifs is 2. The Labute approximate surface area is 257 Å². The summed E-state index contributed by atoms with van der Waals surface area (Å²) in [7, 11) is 1.55. The normalized spacial score (nSPS) is 20.5. The lowest BCUT2D eigenvalue weighted by atomic mass is 10.1. The van der Waals surface area contributed by atoms with Crippen LogP contribution in [-0.2, 0) is 16.1 Å². The first-order valence-corrected chi connectivity index (χ1v) is 14.0. The number of aromatic nitrogens is 6. The predicted octanol–water partition coefficient (Wildman–Crippen LogP) is 3.81. The minimum absolute atomic E-state index is 0.00104. The summed E-state index contributed by atoms with van der Waals surface area (Å²) in [5.74, 6) is 0.801. The van der Waals surface area contributed by atoms with Gasteiger partial charge in [-0.3, -0.25) is 4.79 Å². The number of benzene rings is 1. The number of rotatable bonds is 8. The van der Waals surface area contributed by atoms with Crippen LogP contribution in [0.25, 0.3) is 27.9 Å². The maximum Gasteiger partial charge on any atom is 0.228 e. The molecule has 5 aromatic rings. The van der Waals surface area contributed by atoms with E-state index < -0.39 is 6.98 Å². The highest BCUT2D eigenvalue weighted by Crippen LogP contribution is 2.39. The fourth-order valence-electron chi connectivity index (χ4n) is 5.12. The highest BCUT2D eigenvalue weighted by molar-refractivity contribution is 6.01. The van der Waals surface area contributed by atoms with Crippen molar-refractivity contribution in [2.24, 2.45) is 11.8 Å². The standard InChI is InChI=1S/C31H33N9O3/c1-19-14-23(19)31(41)33-26-15-24-25(29-34-27-9-6-21(18-40(27)37-29)39-10-12-43-13-11-39)16-32-30(28(24)36-35-26)38(2)17-20-4-7-22(42-3)8-5-20/h4-9,15-16,18-19,23H,10-14,17H2,1-3H3,(H,33,35,41)/t19-,23+/m1/s1/i2D3,6D,9D,18D. The van der Waals surface area contributed by atoms with Crippen molar-refractivity contribution in [3.05, 3.63) is 60.3 Å². The van der Waals surface area contributed by atoms with Gasteiger partial charge in [-0.15, -0.1) is 15.3 Å². The second-order valence-corrected chi connectivity index (χ2v) is 10.7. The van der Waals surface area contributed by atoms with Crippen molar-refractivity contribution in [3.8, 4) is 17.1 Å². The lowest BCUT2D eigenvalue weighted by Crippen LogP contribution is -2.36. The lowest BCUT2D eigenvalue weighted by molar-refractivity contribution is -0.117. The zero-order valence-electron chi connectivity index (χ0n) is 29.7. The minimum Gasteiger partial charge on any atom is -0.497 e. The molecule has 0 bridgehead atoms. The van der Waals surface area contributed by atoms with Crippen LogP contribution in [0.2, 0.25) is 0 Å². The molecule has 1 aromatic carbocycles. The number of hydrogen-bond donors (Lipinski definition) is 1. The van der Waals surface area contributed by atoms with Gasteiger partial charge in [0, 0.05) is 53.8 Å². The smallest absolute Gasteiger partial charge is 0.228 e. The molecule has 4 aromatic heterocycles. The first-order chi connectivity index (χ1) is 23.4. The van der Waals surface area contributed by atoms with Gasteiger partial charge in [0.15, 0.2) is 23.1 Å². The van der Waals surface area contributed by atoms with Gasteiger partial charge in [-0.25, -0.2) is 14.5 Å². The Morgan fingerprint density at radius 2 is 2.05 bits per heavy atom. The van der Waals surface area contributed by atoms with Crippen molar-refractivity contribution >= 4 is 39.8 Å². The van der Waals surface area contributed by atoms with Gasteiger partial charge in [0.2, 0.25) is 5.91 Å². The highest BCUT2D eigenvalue weighted by Gasteiger charge is 2.39. The first kappa shape index (κ1) is 20.9. The molecule has 2 atom stereocenters. The molecule has 12 heteroatoms. The molecule has 43 heavy (non-hydrogen) atoms. The number of carbonyl (C=O) groups is 1. The molecule has 0 spiro atoms. The fraction of sp³-hybridized carbons (Fsp3) is 0.355. The van der Waals surface area contributed by atoms with Crippen LogP contribution in [0.4, 0.5) is 17.3 Å². The lowest BCUT2D eigenvalue weighted by Gasteiger charge is -2.28. The molecule has 0 radical (unpaired) electrons. The fourth-order valence-corrected chi connectivity index (χ4v) is 5.12. The molecule has 5 heterocycles. The molecule has 2 aliphatic rings. The summed E-state index contributed by atoms with van der Waals surface area (Å²) in [6.07, 6.45) is 2.07. The first-order valence-electron chi connectivity index (χ1n) is 17.0. The van der Waals surface area contributed by atoms with E-state index >= 15 is 0 Å². The molecule has 7 rings (SSSR count). The largest absolute Gasteiger partial charge is 0.497 e. The van der Waals surface area contributed by atoms with Gasteiger partial charge in [0.1, 0.15) is 11.3 Å². The van der Waals surface area contributed by atoms with Crippen LogP contribution in [0.1, 0.15) is 27.1 Å². The van der Waals surface area contributed by atoms with Crippen molar-refractivity contribution in [1.29, 1.82) is 0 Å². The monoisotopic (exact) mass is 585 g/mol. The molecule has 1 saturated heterocycles. The number of ether oxygens (including phenoxy) is 2. The summed E-state index contributed by atoms with van der Waals surface area (Å²) < 4.78 is 63.4. The van der Waals surface area contributed by atoms with Gasteiger partial charge < -0.3 is 24.6 Å². The number of anilines is 3. The summed E-state index contributed by atoms with van der Waals surface area (Å²) >= 11 is 0. The van der Waals surface area contributed by atoms with Crippen molar-refractivity contribution in [3.63, 3.8) is 0 Å². The van der Waals surface area contributed by atoms with Gasteiger partial charge in [-0.2, -0.15) is 0 Å². The second kappa shape index (κ2) is 11.1. The van der Waals surface area contributed by atoms with Crippen LogP contribution in [0.3, 0.4) is 0 Å². The maximum absolute atomic E-state index is 12.8. The molecule has 12 nitrogen and oxygen atoms in total. The minimum atomic E-state index is -2.64. The van der Waals surface area contributed by atoms with E-state index in [9.17, 15) is 4.79 Å². The van der Waals surface area contributed by atoms with Crippen molar-refractivity contribution < 1.29 is 22.5 Å². The van der Waals surface area contributed by atoms with Crippen molar-refractivity contribution in [2.75, 3.05) is 55.5 Å². The van der Waals surface area contributed by atoms with E-state index in [4.69, 9.17) is 17.7 Å². The summed E-state index contributed by atoms with van der Waals surface area (Å²) in [6, 6.07) is 8.21. The van der Waals surface area contributed by atoms with Crippen molar-refractivity contribution in [1.82, 2.24) is 29.8 Å². The number of carbonyl (C=O) groups excluding carboxylic acids is 1. The molecule has 1 amide bonds. The van der Waals surface area contributed by atoms with Gasteiger partial charge in [-0.05, 0) is 48.2 Å². The Hall–Kier alpha value is -4.84. The Balaban J connectivity index is 1.37. The third kappa shape index (κ3) is 5.41.